The maximum absolute atomic E-state index is 14.9. The van der Waals surface area contributed by atoms with Crippen molar-refractivity contribution in [2.24, 2.45) is 0 Å². The number of nitrogens with two attached hydrogens (primary N) is 1. The number of aliphatic hydroxyl groups is 1. The third kappa shape index (κ3) is 3.59. The highest BCUT2D eigenvalue weighted by Gasteiger charge is 2.21. The Kier molecular flexibility index (Phi) is 5.28. The number of fused-ring (bicyclic) bond motifs is 2. The fourth-order valence-corrected chi connectivity index (χ4v) is 4.17. The van der Waals surface area contributed by atoms with Crippen molar-refractivity contribution >= 4 is 33.3 Å². The molecule has 0 atom stereocenters. The highest BCUT2D eigenvalue weighted by molar-refractivity contribution is 5.95. The van der Waals surface area contributed by atoms with E-state index in [2.05, 4.69) is 20.1 Å². The van der Waals surface area contributed by atoms with Crippen molar-refractivity contribution in [3.63, 3.8) is 0 Å². The maximum atomic E-state index is 14.9. The SMILES string of the molecule is C/C(O)=C(/C)c1nn(Cc2cc3nccc(C)c3c(=O)n2-c2ccccc2F)c2ncnc(N)c12. The first-order valence-electron chi connectivity index (χ1n) is 10.9. The molecule has 10 heteroatoms. The summed E-state index contributed by atoms with van der Waals surface area (Å²) in [7, 11) is 0. The Bertz CT molecular complexity index is 1720. The van der Waals surface area contributed by atoms with Crippen LogP contribution in [0.4, 0.5) is 10.2 Å². The molecule has 0 spiro atoms. The lowest BCUT2D eigenvalue weighted by Crippen LogP contribution is -2.25. The number of aryl methyl sites for hydroxylation is 1. The van der Waals surface area contributed by atoms with Gasteiger partial charge < -0.3 is 10.8 Å². The molecule has 4 aromatic heterocycles. The van der Waals surface area contributed by atoms with Crippen LogP contribution in [0.1, 0.15) is 30.8 Å². The molecule has 5 aromatic rings. The van der Waals surface area contributed by atoms with Crippen molar-refractivity contribution in [1.82, 2.24) is 29.3 Å². The van der Waals surface area contributed by atoms with Crippen LogP contribution in [0, 0.1) is 12.7 Å². The lowest BCUT2D eigenvalue weighted by atomic mass is 10.1. The molecule has 35 heavy (non-hydrogen) atoms. The number of pyridine rings is 2. The van der Waals surface area contributed by atoms with Crippen LogP contribution in [-0.4, -0.2) is 34.4 Å². The highest BCUT2D eigenvalue weighted by Crippen LogP contribution is 2.29. The minimum Gasteiger partial charge on any atom is -0.512 e. The summed E-state index contributed by atoms with van der Waals surface area (Å²) in [6, 6.07) is 9.58. The number of nitrogen functional groups attached to an aromatic ring is 1. The van der Waals surface area contributed by atoms with Gasteiger partial charge in [-0.25, -0.2) is 19.0 Å². The number of hydrogen-bond acceptors (Lipinski definition) is 7. The first-order chi connectivity index (χ1) is 16.8. The summed E-state index contributed by atoms with van der Waals surface area (Å²) < 4.78 is 17.8. The molecule has 5 rings (SSSR count). The Hall–Kier alpha value is -4.60. The molecule has 0 amide bonds. The second-order valence-electron chi connectivity index (χ2n) is 8.29. The predicted molar refractivity (Wildman–Crippen MR) is 132 cm³/mol. The summed E-state index contributed by atoms with van der Waals surface area (Å²) in [6.07, 6.45) is 2.95. The molecule has 4 heterocycles. The van der Waals surface area contributed by atoms with Crippen molar-refractivity contribution < 1.29 is 9.50 Å². The Morgan fingerprint density at radius 1 is 1.11 bits per heavy atom. The van der Waals surface area contributed by atoms with Gasteiger partial charge in [-0.2, -0.15) is 5.10 Å². The number of para-hydroxylation sites is 1. The highest BCUT2D eigenvalue weighted by atomic mass is 19.1. The Balaban J connectivity index is 1.82. The van der Waals surface area contributed by atoms with E-state index in [-0.39, 0.29) is 29.4 Å². The van der Waals surface area contributed by atoms with Gasteiger partial charge >= 0.3 is 0 Å². The number of aliphatic hydroxyl groups excluding tert-OH is 1. The average molecular weight is 471 g/mol. The Labute approximate surface area is 199 Å². The Morgan fingerprint density at radius 3 is 2.63 bits per heavy atom. The standard InChI is InChI=1S/C25H22FN7O2/c1-13-8-9-28-18-10-16(33(25(35)20(13)18)19-7-5-4-6-17(19)26)11-32-24-21(23(27)29-12-30-24)22(31-32)14(2)15(3)34/h4-10,12,34H,11H2,1-3H3,(H2,27,29,30)/b15-14+. The maximum Gasteiger partial charge on any atom is 0.265 e. The molecular formula is C25H22FN7O2. The lowest BCUT2D eigenvalue weighted by Gasteiger charge is -2.16. The minimum absolute atomic E-state index is 0.0554. The summed E-state index contributed by atoms with van der Waals surface area (Å²) in [5.41, 5.74) is 8.89. The summed E-state index contributed by atoms with van der Waals surface area (Å²) in [6.45, 7) is 5.13. The van der Waals surface area contributed by atoms with Crippen LogP contribution >= 0.6 is 0 Å². The molecule has 0 saturated heterocycles. The predicted octanol–water partition coefficient (Wildman–Crippen LogP) is 3.91. The van der Waals surface area contributed by atoms with Crippen LogP contribution in [0.2, 0.25) is 0 Å². The third-order valence-corrected chi connectivity index (χ3v) is 6.06. The van der Waals surface area contributed by atoms with Crippen molar-refractivity contribution in [3.8, 4) is 5.69 Å². The van der Waals surface area contributed by atoms with Gasteiger partial charge in [-0.3, -0.25) is 14.3 Å². The zero-order chi connectivity index (χ0) is 24.9. The van der Waals surface area contributed by atoms with Crippen LogP contribution in [0.25, 0.3) is 33.2 Å². The first kappa shape index (κ1) is 22.2. The van der Waals surface area contributed by atoms with Crippen molar-refractivity contribution in [1.29, 1.82) is 0 Å². The number of benzene rings is 1. The third-order valence-electron chi connectivity index (χ3n) is 6.06. The van der Waals surface area contributed by atoms with E-state index in [1.807, 2.05) is 6.92 Å². The van der Waals surface area contributed by atoms with E-state index >= 15 is 0 Å². The van der Waals surface area contributed by atoms with E-state index in [4.69, 9.17) is 5.73 Å². The van der Waals surface area contributed by atoms with Gasteiger partial charge in [0.15, 0.2) is 5.65 Å². The number of hydrogen-bond donors (Lipinski definition) is 2. The van der Waals surface area contributed by atoms with E-state index in [0.29, 0.717) is 38.9 Å². The van der Waals surface area contributed by atoms with Gasteiger partial charge in [0.2, 0.25) is 0 Å². The van der Waals surface area contributed by atoms with Crippen LogP contribution in [0.5, 0.6) is 0 Å². The van der Waals surface area contributed by atoms with Gasteiger partial charge in [-0.1, -0.05) is 12.1 Å². The molecule has 0 radical (unpaired) electrons. The fraction of sp³-hybridized carbons (Fsp3) is 0.160. The zero-order valence-corrected chi connectivity index (χ0v) is 19.3. The van der Waals surface area contributed by atoms with Crippen molar-refractivity contribution in [2.45, 2.75) is 27.3 Å². The second kappa shape index (κ2) is 8.32. The number of rotatable bonds is 4. The topological polar surface area (TPSA) is 125 Å². The van der Waals surface area contributed by atoms with E-state index in [9.17, 15) is 14.3 Å². The molecule has 1 aromatic carbocycles. The van der Waals surface area contributed by atoms with E-state index in [0.717, 1.165) is 5.56 Å². The van der Waals surface area contributed by atoms with E-state index in [1.165, 1.54) is 17.0 Å². The normalized spacial score (nSPS) is 12.3. The molecular weight excluding hydrogens is 449 g/mol. The van der Waals surface area contributed by atoms with Crippen LogP contribution in [-0.2, 0) is 6.54 Å². The van der Waals surface area contributed by atoms with Gasteiger partial charge in [-0.15, -0.1) is 0 Å². The van der Waals surface area contributed by atoms with Crippen LogP contribution < -0.4 is 11.3 Å². The van der Waals surface area contributed by atoms with Gasteiger partial charge in [0.25, 0.3) is 5.56 Å². The number of anilines is 1. The van der Waals surface area contributed by atoms with Crippen LogP contribution in [0.15, 0.2) is 59.5 Å². The molecule has 3 N–H and O–H groups in total. The van der Waals surface area contributed by atoms with Gasteiger partial charge in [0.05, 0.1) is 40.0 Å². The molecule has 9 nitrogen and oxygen atoms in total. The number of halogens is 1. The van der Waals surface area contributed by atoms with Gasteiger partial charge in [-0.05, 0) is 50.6 Å². The monoisotopic (exact) mass is 471 g/mol. The molecule has 176 valence electrons. The lowest BCUT2D eigenvalue weighted by molar-refractivity contribution is 0.416. The van der Waals surface area contributed by atoms with Gasteiger partial charge in [0.1, 0.15) is 23.7 Å². The minimum atomic E-state index is -0.538. The summed E-state index contributed by atoms with van der Waals surface area (Å²) in [5, 5.41) is 15.6. The molecule has 0 aliphatic carbocycles. The van der Waals surface area contributed by atoms with Crippen molar-refractivity contribution in [2.75, 3.05) is 5.73 Å². The molecule has 0 unspecified atom stereocenters. The summed E-state index contributed by atoms with van der Waals surface area (Å²) in [4.78, 5) is 26.5. The molecule has 0 saturated carbocycles. The summed E-state index contributed by atoms with van der Waals surface area (Å²) >= 11 is 0. The van der Waals surface area contributed by atoms with Crippen molar-refractivity contribution in [3.05, 3.63) is 87.8 Å². The Morgan fingerprint density at radius 2 is 1.89 bits per heavy atom. The first-order valence-corrected chi connectivity index (χ1v) is 10.9. The second-order valence-corrected chi connectivity index (χ2v) is 8.29. The van der Waals surface area contributed by atoms with Crippen LogP contribution in [0.3, 0.4) is 0 Å². The quantitative estimate of drug-likeness (QED) is 0.381. The zero-order valence-electron chi connectivity index (χ0n) is 19.3. The molecule has 0 aliphatic heterocycles. The van der Waals surface area contributed by atoms with Gasteiger partial charge in [0, 0.05) is 11.8 Å². The largest absolute Gasteiger partial charge is 0.512 e. The fourth-order valence-electron chi connectivity index (χ4n) is 4.17. The number of nitrogens with zero attached hydrogens (tertiary/aromatic N) is 6. The van der Waals surface area contributed by atoms with E-state index in [1.54, 1.807) is 55.1 Å². The number of aromatic nitrogens is 6. The molecule has 0 fully saturated rings. The molecule has 0 bridgehead atoms. The average Bonchev–Trinajstić information content (AvgIpc) is 3.19. The number of allylic oxidation sites excluding steroid dienone is 2. The molecule has 0 aliphatic rings. The van der Waals surface area contributed by atoms with E-state index < -0.39 is 5.82 Å². The smallest absolute Gasteiger partial charge is 0.265 e. The summed E-state index contributed by atoms with van der Waals surface area (Å²) in [5.74, 6) is -0.253.